The molecule has 0 fully saturated rings. The summed E-state index contributed by atoms with van der Waals surface area (Å²) in [6, 6.07) is -0.744. The number of aliphatic carboxylic acids is 1. The van der Waals surface area contributed by atoms with Crippen molar-refractivity contribution in [3.63, 3.8) is 0 Å². The van der Waals surface area contributed by atoms with Crippen LogP contribution in [0.3, 0.4) is 0 Å². The molecule has 1 aromatic carbocycles. The number of nitrogens with one attached hydrogen (secondary N) is 10. The summed E-state index contributed by atoms with van der Waals surface area (Å²) in [4.78, 5) is 132. The van der Waals surface area contributed by atoms with E-state index in [0.29, 0.717) is 24.9 Å². The Morgan fingerprint density at radius 2 is 1.08 bits per heavy atom. The number of carboxylic acid groups (broad SMARTS) is 1. The number of hydrogen-bond acceptors (Lipinski definition) is 15. The van der Waals surface area contributed by atoms with E-state index in [-0.39, 0.29) is 60.2 Å². The second-order valence-corrected chi connectivity index (χ2v) is 23.2. The molecule has 74 heavy (non-hydrogen) atoms. The number of carbonyl (C=O) groups is 10. The van der Waals surface area contributed by atoms with Crippen molar-refractivity contribution in [3.05, 3.63) is 35.9 Å². The van der Waals surface area contributed by atoms with E-state index in [1.165, 1.54) is 23.5 Å². The summed E-state index contributed by atoms with van der Waals surface area (Å²) < 4.78 is -0.849. The lowest BCUT2D eigenvalue weighted by Gasteiger charge is -2.28. The molecule has 1 aromatic rings. The number of carbonyl (C=O) groups excluding carboxylic acids is 9. The molecule has 416 valence electrons. The molecule has 0 bridgehead atoms. The molecule has 0 aliphatic rings. The van der Waals surface area contributed by atoms with Crippen molar-refractivity contribution in [2.45, 2.75) is 138 Å². The van der Waals surface area contributed by atoms with Gasteiger partial charge in [0, 0.05) is 39.7 Å². The van der Waals surface area contributed by atoms with E-state index in [0.717, 1.165) is 0 Å². The number of thiol groups is 1. The van der Waals surface area contributed by atoms with Crippen LogP contribution in [-0.4, -0.2) is 165 Å². The first-order valence-electron chi connectivity index (χ1n) is 23.8. The minimum absolute atomic E-state index is 0.0323. The molecule has 24 nitrogen and oxygen atoms in total. The summed E-state index contributed by atoms with van der Waals surface area (Å²) in [5, 5.41) is 40.0. The predicted molar refractivity (Wildman–Crippen MR) is 289 cm³/mol. The Hall–Kier alpha value is -5.51. The molecule has 0 heterocycles. The molecule has 17 N–H and O–H groups in total. The van der Waals surface area contributed by atoms with Crippen LogP contribution in [0, 0.1) is 5.41 Å². The van der Waals surface area contributed by atoms with Crippen molar-refractivity contribution in [2.75, 3.05) is 42.8 Å². The highest BCUT2D eigenvalue weighted by Crippen LogP contribution is 2.25. The van der Waals surface area contributed by atoms with Crippen LogP contribution in [0.2, 0.25) is 0 Å². The Balaban J connectivity index is 3.42. The van der Waals surface area contributed by atoms with E-state index in [2.05, 4.69) is 60.5 Å². The SMILES string of the molecule is CC(C)(C)SC[C@H](NC(=O)[C@H](CCCCN)NC(=O)CCl)C(=O)N[C@@H](CCCNC(=N)N)C(=O)NCC(=O)N[C@@H](CC(=O)O)C(=O)N[C@@H](CSC(C)(C)C)C(=O)N[C@@H](Cc1ccccc1)C(=O)N[C@@H](CS)C(N)=O. The fourth-order valence-electron chi connectivity index (χ4n) is 6.37. The molecular formula is C46H76ClN13O11S3. The second kappa shape index (κ2) is 34.1. The number of halogens is 1. The first-order chi connectivity index (χ1) is 34.6. The van der Waals surface area contributed by atoms with Gasteiger partial charge < -0.3 is 70.2 Å². The normalized spacial score (nSPS) is 14.2. The Labute approximate surface area is 451 Å². The van der Waals surface area contributed by atoms with Gasteiger partial charge in [0.25, 0.3) is 0 Å². The van der Waals surface area contributed by atoms with E-state index in [1.54, 1.807) is 30.3 Å². The lowest BCUT2D eigenvalue weighted by atomic mass is 10.0. The number of alkyl halides is 1. The number of primary amides is 1. The summed E-state index contributed by atoms with van der Waals surface area (Å²) in [6.45, 7) is 10.8. The highest BCUT2D eigenvalue weighted by molar-refractivity contribution is 8.00. The highest BCUT2D eigenvalue weighted by atomic mass is 35.5. The van der Waals surface area contributed by atoms with Gasteiger partial charge in [-0.05, 0) is 44.2 Å². The van der Waals surface area contributed by atoms with Gasteiger partial charge in [-0.1, -0.05) is 71.9 Å². The molecule has 0 aromatic heterocycles. The standard InChI is InChI=1S/C46H76ClN13O11S3/c1-45(2,3)73-24-32(59-39(67)28(15-10-11-17-48)54-34(61)21-47)42(70)56-27(16-12-18-52-44(50)51)38(66)53-22-35(62)55-30(20-36(63)64)41(69)60-33(25-74-46(4,5)6)43(71)57-29(19-26-13-8-7-9-14-26)40(68)58-31(23-72)37(49)65/h7-9,13-14,27-33,72H,10-12,15-25,48H2,1-6H3,(H2,49,65)(H,53,66)(H,54,61)(H,55,62)(H,56,70)(H,57,71)(H,58,68)(H,59,67)(H,60,69)(H,63,64)(H4,50,51,52)/t27-,28-,29-,30-,31-,32-,33-/m0/s1. The van der Waals surface area contributed by atoms with Crippen LogP contribution < -0.4 is 65.1 Å². The van der Waals surface area contributed by atoms with Gasteiger partial charge in [-0.15, -0.1) is 11.6 Å². The van der Waals surface area contributed by atoms with Gasteiger partial charge in [-0.2, -0.15) is 36.2 Å². The van der Waals surface area contributed by atoms with Crippen LogP contribution in [0.1, 0.15) is 85.6 Å². The number of rotatable bonds is 34. The summed E-state index contributed by atoms with van der Waals surface area (Å²) in [7, 11) is 0. The molecule has 0 radical (unpaired) electrons. The van der Waals surface area contributed by atoms with Crippen LogP contribution in [0.4, 0.5) is 0 Å². The van der Waals surface area contributed by atoms with Crippen LogP contribution >= 0.6 is 47.8 Å². The molecule has 0 aliphatic heterocycles. The third kappa shape index (κ3) is 28.8. The lowest BCUT2D eigenvalue weighted by molar-refractivity contribution is -0.141. The Kier molecular flexibility index (Phi) is 30.7. The zero-order valence-electron chi connectivity index (χ0n) is 42.7. The average Bonchev–Trinajstić information content (AvgIpc) is 3.31. The van der Waals surface area contributed by atoms with Gasteiger partial charge in [-0.3, -0.25) is 53.4 Å². The van der Waals surface area contributed by atoms with Gasteiger partial charge >= 0.3 is 5.97 Å². The van der Waals surface area contributed by atoms with Gasteiger partial charge in [-0.25, -0.2) is 0 Å². The first-order valence-corrected chi connectivity index (χ1v) is 26.9. The van der Waals surface area contributed by atoms with E-state index >= 15 is 0 Å². The maximum Gasteiger partial charge on any atom is 0.305 e. The fourth-order valence-corrected chi connectivity index (χ4v) is 8.52. The lowest BCUT2D eigenvalue weighted by Crippen LogP contribution is -2.60. The largest absolute Gasteiger partial charge is 0.481 e. The summed E-state index contributed by atoms with van der Waals surface area (Å²) in [6.07, 6.45) is 0.298. The maximum atomic E-state index is 14.0. The molecule has 28 heteroatoms. The van der Waals surface area contributed by atoms with Gasteiger partial charge in [0.1, 0.15) is 48.2 Å². The Morgan fingerprint density at radius 1 is 0.622 bits per heavy atom. The molecule has 0 unspecified atom stereocenters. The number of carboxylic acids is 1. The minimum atomic E-state index is -1.80. The molecule has 0 spiro atoms. The number of amides is 9. The fraction of sp³-hybridized carbons (Fsp3) is 0.630. The van der Waals surface area contributed by atoms with Crippen LogP contribution in [0.5, 0.6) is 0 Å². The van der Waals surface area contributed by atoms with E-state index in [4.69, 9.17) is 34.2 Å². The van der Waals surface area contributed by atoms with Crippen LogP contribution in [-0.2, 0) is 54.4 Å². The van der Waals surface area contributed by atoms with Gasteiger partial charge in [0.15, 0.2) is 5.96 Å². The van der Waals surface area contributed by atoms with E-state index in [1.807, 2.05) is 41.5 Å². The average molecular weight is 1120 g/mol. The van der Waals surface area contributed by atoms with E-state index < -0.39 is 125 Å². The monoisotopic (exact) mass is 1120 g/mol. The molecule has 9 amide bonds. The summed E-state index contributed by atoms with van der Waals surface area (Å²) in [5.41, 5.74) is 17.1. The van der Waals surface area contributed by atoms with Gasteiger partial charge in [0.2, 0.25) is 53.2 Å². The Morgan fingerprint density at radius 3 is 1.57 bits per heavy atom. The number of hydrogen-bond donors (Lipinski definition) is 15. The maximum absolute atomic E-state index is 14.0. The van der Waals surface area contributed by atoms with Crippen LogP contribution in [0.25, 0.3) is 0 Å². The molecule has 7 atom stereocenters. The molecule has 1 rings (SSSR count). The van der Waals surface area contributed by atoms with Crippen molar-refractivity contribution in [2.24, 2.45) is 17.2 Å². The highest BCUT2D eigenvalue weighted by Gasteiger charge is 2.34. The van der Waals surface area contributed by atoms with Crippen LogP contribution in [0.15, 0.2) is 30.3 Å². The number of unbranched alkanes of at least 4 members (excludes halogenated alkanes) is 1. The number of guanidine groups is 1. The third-order valence-corrected chi connectivity index (χ3v) is 13.5. The summed E-state index contributed by atoms with van der Waals surface area (Å²) in [5.74, 6) is -10.1. The van der Waals surface area contributed by atoms with E-state index in [9.17, 15) is 53.1 Å². The zero-order chi connectivity index (χ0) is 56.2. The molecular weight excluding hydrogens is 1040 g/mol. The molecule has 0 saturated heterocycles. The van der Waals surface area contributed by atoms with Gasteiger partial charge in [0.05, 0.1) is 13.0 Å². The van der Waals surface area contributed by atoms with Crippen molar-refractivity contribution in [1.82, 2.24) is 47.9 Å². The minimum Gasteiger partial charge on any atom is -0.481 e. The quantitative estimate of drug-likeness (QED) is 0.0121. The molecule has 0 aliphatic carbocycles. The van der Waals surface area contributed by atoms with Crippen molar-refractivity contribution < 1.29 is 53.1 Å². The third-order valence-electron chi connectivity index (χ3n) is 10.2. The second-order valence-electron chi connectivity index (χ2n) is 18.9. The van der Waals surface area contributed by atoms with Crippen molar-refractivity contribution in [3.8, 4) is 0 Å². The topological polar surface area (TPSA) is 401 Å². The number of benzene rings is 1. The molecule has 0 saturated carbocycles. The Bertz CT molecular complexity index is 2070. The summed E-state index contributed by atoms with van der Waals surface area (Å²) >= 11 is 12.4. The smallest absolute Gasteiger partial charge is 0.305 e. The zero-order valence-corrected chi connectivity index (χ0v) is 46.0. The predicted octanol–water partition coefficient (Wildman–Crippen LogP) is -1.68. The van der Waals surface area contributed by atoms with Crippen molar-refractivity contribution >= 4 is 113 Å². The van der Waals surface area contributed by atoms with Crippen molar-refractivity contribution in [1.29, 1.82) is 5.41 Å². The number of nitrogens with two attached hydrogens (primary N) is 3. The number of thioether (sulfide) groups is 2. The first kappa shape index (κ1) is 66.5.